The van der Waals surface area contributed by atoms with Crippen LogP contribution in [-0.4, -0.2) is 20.5 Å². The second kappa shape index (κ2) is 2.59. The quantitative estimate of drug-likeness (QED) is 0.532. The molecule has 54 valence electrons. The highest BCUT2D eigenvalue weighted by molar-refractivity contribution is 14.1. The zero-order valence-electron chi connectivity index (χ0n) is 4.50. The summed E-state index contributed by atoms with van der Waals surface area (Å²) in [6.45, 7) is 0. The molecular formula is C4H7ClINO2. The molecule has 2 unspecified atom stereocenters. The number of carbonyl (C=O) groups is 1. The number of hydrogen-bond donors (Lipinski definition) is 2. The molecule has 1 aliphatic rings. The molecule has 0 bridgehead atoms. The Labute approximate surface area is 72.5 Å². The number of rotatable bonds is 1. The van der Waals surface area contributed by atoms with Crippen molar-refractivity contribution in [3.05, 3.63) is 0 Å². The monoisotopic (exact) mass is 263 g/mol. The molecule has 9 heavy (non-hydrogen) atoms. The van der Waals surface area contributed by atoms with Crippen LogP contribution in [0.4, 0.5) is 0 Å². The predicted octanol–water partition coefficient (Wildman–Crippen LogP) is 0.398. The summed E-state index contributed by atoms with van der Waals surface area (Å²) < 4.78 is 0.137. The first-order valence-corrected chi connectivity index (χ1v) is 3.48. The van der Waals surface area contributed by atoms with E-state index in [1.807, 2.05) is 22.6 Å². The average Bonchev–Trinajstić information content (AvgIpc) is 2.17. The lowest BCUT2D eigenvalue weighted by molar-refractivity contribution is -0.139. The molecule has 1 aliphatic carbocycles. The van der Waals surface area contributed by atoms with Crippen molar-refractivity contribution < 1.29 is 9.90 Å². The summed E-state index contributed by atoms with van der Waals surface area (Å²) in [7, 11) is 0. The van der Waals surface area contributed by atoms with Gasteiger partial charge in [-0.15, -0.1) is 12.4 Å². The van der Waals surface area contributed by atoms with Crippen LogP contribution in [-0.2, 0) is 4.79 Å². The Morgan fingerprint density at radius 3 is 2.22 bits per heavy atom. The van der Waals surface area contributed by atoms with Crippen LogP contribution in [0.15, 0.2) is 0 Å². The fraction of sp³-hybridized carbons (Fsp3) is 0.750. The lowest BCUT2D eigenvalue weighted by Gasteiger charge is -1.97. The first kappa shape index (κ1) is 9.45. The highest BCUT2D eigenvalue weighted by Crippen LogP contribution is 2.40. The van der Waals surface area contributed by atoms with Gasteiger partial charge in [-0.05, 0) is 6.42 Å². The highest BCUT2D eigenvalue weighted by Gasteiger charge is 2.56. The third-order valence-electron chi connectivity index (χ3n) is 1.31. The first-order chi connectivity index (χ1) is 3.57. The van der Waals surface area contributed by atoms with Crippen molar-refractivity contribution in [3.8, 4) is 0 Å². The molecule has 0 aromatic heterocycles. The van der Waals surface area contributed by atoms with E-state index in [0.29, 0.717) is 6.42 Å². The molecule has 0 aromatic rings. The summed E-state index contributed by atoms with van der Waals surface area (Å²) in [4.78, 5) is 10.2. The molecule has 1 saturated carbocycles. The maximum absolute atomic E-state index is 10.2. The Kier molecular flexibility index (Phi) is 2.72. The molecule has 5 heteroatoms. The molecule has 3 nitrogen and oxygen atoms in total. The van der Waals surface area contributed by atoms with Crippen LogP contribution in [0.3, 0.4) is 0 Å². The van der Waals surface area contributed by atoms with Gasteiger partial charge in [0.25, 0.3) is 0 Å². The maximum atomic E-state index is 10.2. The number of halogens is 2. The summed E-state index contributed by atoms with van der Waals surface area (Å²) >= 11 is 2.04. The number of nitrogens with two attached hydrogens (primary N) is 1. The topological polar surface area (TPSA) is 63.3 Å². The molecule has 2 atom stereocenters. The van der Waals surface area contributed by atoms with Crippen molar-refractivity contribution in [3.63, 3.8) is 0 Å². The number of alkyl halides is 1. The molecule has 0 heterocycles. The van der Waals surface area contributed by atoms with Crippen molar-refractivity contribution in [1.82, 2.24) is 0 Å². The third-order valence-corrected chi connectivity index (χ3v) is 2.87. The van der Waals surface area contributed by atoms with E-state index in [0.717, 1.165) is 0 Å². The largest absolute Gasteiger partial charge is 0.480 e. The maximum Gasteiger partial charge on any atom is 0.324 e. The van der Waals surface area contributed by atoms with E-state index >= 15 is 0 Å². The summed E-state index contributed by atoms with van der Waals surface area (Å²) in [5, 5.41) is 8.35. The summed E-state index contributed by atoms with van der Waals surface area (Å²) in [5.74, 6) is -0.878. The van der Waals surface area contributed by atoms with Crippen molar-refractivity contribution in [1.29, 1.82) is 0 Å². The Bertz CT molecular complexity index is 143. The molecule has 1 fully saturated rings. The minimum absolute atomic E-state index is 0. The Hall–Kier alpha value is 0.450. The summed E-state index contributed by atoms with van der Waals surface area (Å²) in [6, 6.07) is 0. The van der Waals surface area contributed by atoms with Gasteiger partial charge in [-0.1, -0.05) is 22.6 Å². The summed E-state index contributed by atoms with van der Waals surface area (Å²) in [5.41, 5.74) is 4.44. The Morgan fingerprint density at radius 2 is 2.22 bits per heavy atom. The van der Waals surface area contributed by atoms with E-state index in [1.54, 1.807) is 0 Å². The van der Waals surface area contributed by atoms with Gasteiger partial charge in [0.05, 0.1) is 0 Å². The minimum Gasteiger partial charge on any atom is -0.480 e. The fourth-order valence-electron chi connectivity index (χ4n) is 0.459. The zero-order chi connectivity index (χ0) is 6.36. The van der Waals surface area contributed by atoms with Gasteiger partial charge in [-0.25, -0.2) is 0 Å². The van der Waals surface area contributed by atoms with Crippen LogP contribution in [0.5, 0.6) is 0 Å². The Morgan fingerprint density at radius 1 is 1.89 bits per heavy atom. The standard InChI is InChI=1S/C4H6INO2.ClH/c5-2-1-4(2,6)3(7)8;/h2H,1,6H2,(H,7,8);1H. The summed E-state index contributed by atoms with van der Waals surface area (Å²) in [6.07, 6.45) is 0.614. The van der Waals surface area contributed by atoms with Crippen LogP contribution in [0.2, 0.25) is 0 Å². The van der Waals surface area contributed by atoms with E-state index < -0.39 is 11.5 Å². The van der Waals surface area contributed by atoms with Crippen molar-refractivity contribution in [2.45, 2.75) is 15.9 Å². The predicted molar refractivity (Wildman–Crippen MR) is 44.2 cm³/mol. The first-order valence-electron chi connectivity index (χ1n) is 2.24. The second-order valence-corrected chi connectivity index (χ2v) is 3.52. The van der Waals surface area contributed by atoms with Crippen molar-refractivity contribution in [2.75, 3.05) is 0 Å². The SMILES string of the molecule is Cl.NC1(C(=O)O)CC1I. The normalized spacial score (nSPS) is 39.1. The minimum atomic E-state index is -0.888. The van der Waals surface area contributed by atoms with Gasteiger partial charge in [0, 0.05) is 3.92 Å². The van der Waals surface area contributed by atoms with Gasteiger partial charge in [0.2, 0.25) is 0 Å². The van der Waals surface area contributed by atoms with Crippen LogP contribution >= 0.6 is 35.0 Å². The third kappa shape index (κ3) is 1.47. The highest BCUT2D eigenvalue weighted by atomic mass is 127. The molecular weight excluding hydrogens is 256 g/mol. The number of hydrogen-bond acceptors (Lipinski definition) is 2. The van der Waals surface area contributed by atoms with Crippen LogP contribution < -0.4 is 5.73 Å². The van der Waals surface area contributed by atoms with E-state index in [-0.39, 0.29) is 16.3 Å². The van der Waals surface area contributed by atoms with Gasteiger partial charge in [-0.2, -0.15) is 0 Å². The smallest absolute Gasteiger partial charge is 0.324 e. The molecule has 0 aliphatic heterocycles. The molecule has 3 N–H and O–H groups in total. The fourth-order valence-corrected chi connectivity index (χ4v) is 1.45. The van der Waals surface area contributed by atoms with Crippen LogP contribution in [0.1, 0.15) is 6.42 Å². The van der Waals surface area contributed by atoms with E-state index in [2.05, 4.69) is 0 Å². The van der Waals surface area contributed by atoms with Gasteiger partial charge < -0.3 is 10.8 Å². The molecule has 0 spiro atoms. The number of carboxylic acids is 1. The van der Waals surface area contributed by atoms with Gasteiger partial charge >= 0.3 is 5.97 Å². The van der Waals surface area contributed by atoms with E-state index in [1.165, 1.54) is 0 Å². The van der Waals surface area contributed by atoms with E-state index in [9.17, 15) is 4.79 Å². The van der Waals surface area contributed by atoms with Gasteiger partial charge in [-0.3, -0.25) is 4.79 Å². The zero-order valence-corrected chi connectivity index (χ0v) is 7.48. The second-order valence-electron chi connectivity index (χ2n) is 2.02. The number of carboxylic acid groups (broad SMARTS) is 1. The van der Waals surface area contributed by atoms with E-state index in [4.69, 9.17) is 10.8 Å². The number of aliphatic carboxylic acids is 1. The van der Waals surface area contributed by atoms with Crippen molar-refractivity contribution in [2.24, 2.45) is 5.73 Å². The molecule has 0 radical (unpaired) electrons. The lowest BCUT2D eigenvalue weighted by Crippen LogP contribution is -2.35. The molecule has 0 aromatic carbocycles. The lowest BCUT2D eigenvalue weighted by atomic mass is 10.3. The van der Waals surface area contributed by atoms with Crippen molar-refractivity contribution >= 4 is 41.0 Å². The van der Waals surface area contributed by atoms with Crippen LogP contribution in [0.25, 0.3) is 0 Å². The molecule has 0 amide bonds. The molecule has 1 rings (SSSR count). The van der Waals surface area contributed by atoms with Gasteiger partial charge in [0.15, 0.2) is 0 Å². The Balaban J connectivity index is 0.000000640. The van der Waals surface area contributed by atoms with Crippen LogP contribution in [0, 0.1) is 0 Å². The molecule has 0 saturated heterocycles. The average molecular weight is 263 g/mol. The van der Waals surface area contributed by atoms with Gasteiger partial charge in [0.1, 0.15) is 5.54 Å².